The second kappa shape index (κ2) is 9.18. The number of H-pyrrole nitrogens is 1. The van der Waals surface area contributed by atoms with E-state index in [0.717, 1.165) is 16.5 Å². The third-order valence-corrected chi connectivity index (χ3v) is 4.23. The molecule has 1 aromatic heterocycles. The number of hydrogen-bond donors (Lipinski definition) is 5. The van der Waals surface area contributed by atoms with Crippen molar-refractivity contribution in [1.29, 1.82) is 0 Å². The topological polar surface area (TPSA) is 143 Å². The summed E-state index contributed by atoms with van der Waals surface area (Å²) in [7, 11) is 0. The van der Waals surface area contributed by atoms with Crippen molar-refractivity contribution in [2.45, 2.75) is 38.8 Å². The fourth-order valence-electron chi connectivity index (χ4n) is 2.92. The zero-order chi connectivity index (χ0) is 20.0. The first kappa shape index (κ1) is 20.4. The minimum atomic E-state index is -0.866. The van der Waals surface area contributed by atoms with Gasteiger partial charge >= 0.3 is 0 Å². The van der Waals surface area contributed by atoms with E-state index in [1.807, 2.05) is 38.1 Å². The zero-order valence-corrected chi connectivity index (χ0v) is 15.6. The Morgan fingerprint density at radius 3 is 2.52 bits per heavy atom. The molecule has 27 heavy (non-hydrogen) atoms. The number of nitrogens with one attached hydrogen (secondary N) is 3. The Kier molecular flexibility index (Phi) is 6.95. The van der Waals surface area contributed by atoms with E-state index in [4.69, 9.17) is 11.5 Å². The van der Waals surface area contributed by atoms with Gasteiger partial charge in [-0.3, -0.25) is 14.4 Å². The lowest BCUT2D eigenvalue weighted by atomic mass is 10.0. The monoisotopic (exact) mass is 373 g/mol. The van der Waals surface area contributed by atoms with Crippen LogP contribution in [0.4, 0.5) is 0 Å². The molecule has 0 spiro atoms. The van der Waals surface area contributed by atoms with Gasteiger partial charge in [-0.25, -0.2) is 0 Å². The Morgan fingerprint density at radius 2 is 1.85 bits per heavy atom. The highest BCUT2D eigenvalue weighted by molar-refractivity contribution is 5.92. The van der Waals surface area contributed by atoms with Gasteiger partial charge in [0, 0.05) is 23.5 Å². The van der Waals surface area contributed by atoms with E-state index in [1.165, 1.54) is 0 Å². The molecule has 0 saturated heterocycles. The molecule has 2 rings (SSSR count). The molecule has 0 saturated carbocycles. The average molecular weight is 373 g/mol. The van der Waals surface area contributed by atoms with Crippen LogP contribution < -0.4 is 22.1 Å². The fourth-order valence-corrected chi connectivity index (χ4v) is 2.92. The number of rotatable bonds is 9. The van der Waals surface area contributed by atoms with Gasteiger partial charge < -0.3 is 27.1 Å². The maximum Gasteiger partial charge on any atom is 0.243 e. The lowest BCUT2D eigenvalue weighted by Crippen LogP contribution is -2.53. The first-order valence-corrected chi connectivity index (χ1v) is 8.95. The van der Waals surface area contributed by atoms with Crippen LogP contribution in [0.2, 0.25) is 0 Å². The molecule has 2 atom stereocenters. The first-order valence-electron chi connectivity index (χ1n) is 8.95. The molecule has 0 radical (unpaired) electrons. The van der Waals surface area contributed by atoms with E-state index in [9.17, 15) is 14.4 Å². The number of aromatic nitrogens is 1. The van der Waals surface area contributed by atoms with Gasteiger partial charge in [0.1, 0.15) is 6.04 Å². The van der Waals surface area contributed by atoms with Gasteiger partial charge in [-0.15, -0.1) is 0 Å². The van der Waals surface area contributed by atoms with E-state index < -0.39 is 29.8 Å². The molecular weight excluding hydrogens is 346 g/mol. The largest absolute Gasteiger partial charge is 0.368 e. The molecule has 8 nitrogen and oxygen atoms in total. The molecule has 1 aromatic carbocycles. The number of carbonyl (C=O) groups is 3. The highest BCUT2D eigenvalue weighted by Crippen LogP contribution is 2.19. The fraction of sp³-hybridized carbons (Fsp3) is 0.421. The molecule has 146 valence electrons. The van der Waals surface area contributed by atoms with Crippen LogP contribution in [-0.2, 0) is 20.8 Å². The maximum atomic E-state index is 12.5. The number of para-hydroxylation sites is 1. The van der Waals surface area contributed by atoms with Crippen molar-refractivity contribution >= 4 is 28.6 Å². The van der Waals surface area contributed by atoms with Crippen molar-refractivity contribution in [2.24, 2.45) is 17.4 Å². The average Bonchev–Trinajstić information content (AvgIpc) is 3.01. The van der Waals surface area contributed by atoms with E-state index in [1.54, 1.807) is 6.20 Å². The summed E-state index contributed by atoms with van der Waals surface area (Å²) in [6.45, 7) is 3.64. The van der Waals surface area contributed by atoms with Crippen LogP contribution in [0.5, 0.6) is 0 Å². The van der Waals surface area contributed by atoms with Gasteiger partial charge in [0.25, 0.3) is 0 Å². The normalized spacial score (nSPS) is 13.3. The van der Waals surface area contributed by atoms with Crippen molar-refractivity contribution in [3.63, 3.8) is 0 Å². The van der Waals surface area contributed by atoms with Crippen molar-refractivity contribution in [3.8, 4) is 0 Å². The predicted molar refractivity (Wildman–Crippen MR) is 104 cm³/mol. The number of benzene rings is 1. The first-order chi connectivity index (χ1) is 12.8. The summed E-state index contributed by atoms with van der Waals surface area (Å²) in [5.41, 5.74) is 12.8. The SMILES string of the molecule is CC(C)C[C@H](N)C(=O)N[C@@H](Cc1c[nH]c2ccccc12)C(=O)NCC(N)=O. The molecule has 0 aliphatic rings. The molecule has 0 bridgehead atoms. The van der Waals surface area contributed by atoms with Crippen LogP contribution in [-0.4, -0.2) is 41.3 Å². The number of fused-ring (bicyclic) bond motifs is 1. The van der Waals surface area contributed by atoms with E-state index in [2.05, 4.69) is 15.6 Å². The zero-order valence-electron chi connectivity index (χ0n) is 15.6. The Hall–Kier alpha value is -2.87. The number of carbonyl (C=O) groups excluding carboxylic acids is 3. The highest BCUT2D eigenvalue weighted by Gasteiger charge is 2.25. The Labute approximate surface area is 158 Å². The molecule has 0 unspecified atom stereocenters. The summed E-state index contributed by atoms with van der Waals surface area (Å²) in [5.74, 6) is -1.29. The molecule has 0 fully saturated rings. The molecule has 1 heterocycles. The maximum absolute atomic E-state index is 12.5. The highest BCUT2D eigenvalue weighted by atomic mass is 16.2. The molecular formula is C19H27N5O3. The van der Waals surface area contributed by atoms with Crippen LogP contribution >= 0.6 is 0 Å². The Bertz CT molecular complexity index is 815. The number of primary amides is 1. The van der Waals surface area contributed by atoms with Crippen molar-refractivity contribution in [1.82, 2.24) is 15.6 Å². The Morgan fingerprint density at radius 1 is 1.15 bits per heavy atom. The summed E-state index contributed by atoms with van der Waals surface area (Å²) in [6.07, 6.45) is 2.57. The minimum Gasteiger partial charge on any atom is -0.368 e. The van der Waals surface area contributed by atoms with Crippen LogP contribution in [0.3, 0.4) is 0 Å². The van der Waals surface area contributed by atoms with E-state index in [-0.39, 0.29) is 18.9 Å². The number of amides is 3. The summed E-state index contributed by atoms with van der Waals surface area (Å²) in [4.78, 5) is 39.0. The molecule has 7 N–H and O–H groups in total. The number of aromatic amines is 1. The second-order valence-corrected chi connectivity index (χ2v) is 7.04. The Balaban J connectivity index is 2.17. The van der Waals surface area contributed by atoms with Gasteiger partial charge in [0.15, 0.2) is 0 Å². The van der Waals surface area contributed by atoms with Crippen LogP contribution in [0, 0.1) is 5.92 Å². The summed E-state index contributed by atoms with van der Waals surface area (Å²) in [5, 5.41) is 6.12. The summed E-state index contributed by atoms with van der Waals surface area (Å²) < 4.78 is 0. The smallest absolute Gasteiger partial charge is 0.243 e. The molecule has 0 aliphatic heterocycles. The standard InChI is InChI=1S/C19H27N5O3/c1-11(2)7-14(20)18(26)24-16(19(27)23-10-17(21)25)8-12-9-22-15-6-4-3-5-13(12)15/h3-6,9,11,14,16,22H,7-8,10,20H2,1-2H3,(H2,21,25)(H,23,27)(H,24,26)/t14-,16-/m0/s1. The van der Waals surface area contributed by atoms with Gasteiger partial charge in [0.2, 0.25) is 17.7 Å². The lowest BCUT2D eigenvalue weighted by molar-refractivity contribution is -0.130. The lowest BCUT2D eigenvalue weighted by Gasteiger charge is -2.21. The molecule has 0 aliphatic carbocycles. The molecule has 3 amide bonds. The van der Waals surface area contributed by atoms with Crippen LogP contribution in [0.15, 0.2) is 30.5 Å². The van der Waals surface area contributed by atoms with Crippen molar-refractivity contribution in [3.05, 3.63) is 36.0 Å². The number of nitrogens with two attached hydrogens (primary N) is 2. The van der Waals surface area contributed by atoms with Crippen LogP contribution in [0.25, 0.3) is 10.9 Å². The van der Waals surface area contributed by atoms with Gasteiger partial charge in [-0.1, -0.05) is 32.0 Å². The number of hydrogen-bond acceptors (Lipinski definition) is 4. The predicted octanol–water partition coefficient (Wildman–Crippen LogP) is 0.170. The van der Waals surface area contributed by atoms with E-state index >= 15 is 0 Å². The third-order valence-electron chi connectivity index (χ3n) is 4.23. The van der Waals surface area contributed by atoms with Crippen molar-refractivity contribution in [2.75, 3.05) is 6.54 Å². The molecule has 8 heteroatoms. The van der Waals surface area contributed by atoms with Gasteiger partial charge in [0.05, 0.1) is 12.6 Å². The quantitative estimate of drug-likeness (QED) is 0.427. The van der Waals surface area contributed by atoms with Crippen LogP contribution in [0.1, 0.15) is 25.8 Å². The van der Waals surface area contributed by atoms with E-state index in [0.29, 0.717) is 6.42 Å². The van der Waals surface area contributed by atoms with Crippen molar-refractivity contribution < 1.29 is 14.4 Å². The summed E-state index contributed by atoms with van der Waals surface area (Å²) >= 11 is 0. The van der Waals surface area contributed by atoms with Gasteiger partial charge in [-0.05, 0) is 24.0 Å². The third kappa shape index (κ3) is 5.82. The summed E-state index contributed by atoms with van der Waals surface area (Å²) in [6, 6.07) is 6.10. The second-order valence-electron chi connectivity index (χ2n) is 7.04. The molecule has 2 aromatic rings. The van der Waals surface area contributed by atoms with Gasteiger partial charge in [-0.2, -0.15) is 0 Å². The minimum absolute atomic E-state index is 0.251.